The molecule has 1 atom stereocenters. The first kappa shape index (κ1) is 15.1. The zero-order valence-electron chi connectivity index (χ0n) is 11.3. The average Bonchev–Trinajstić information content (AvgIpc) is 2.55. The Morgan fingerprint density at radius 1 is 1.39 bits per heavy atom. The maximum Gasteiger partial charge on any atom is 0.244 e. The van der Waals surface area contributed by atoms with Crippen LogP contribution in [-0.2, 0) is 10.0 Å². The molecular weight excluding hydrogens is 252 g/mol. The molecular formula is C11H22N4O2S. The van der Waals surface area contributed by atoms with Crippen LogP contribution in [0.15, 0.2) is 4.90 Å². The van der Waals surface area contributed by atoms with Crippen molar-refractivity contribution in [1.82, 2.24) is 14.9 Å². The van der Waals surface area contributed by atoms with Gasteiger partial charge in [-0.1, -0.05) is 13.8 Å². The highest BCUT2D eigenvalue weighted by atomic mass is 32.2. The molecule has 1 aromatic heterocycles. The summed E-state index contributed by atoms with van der Waals surface area (Å²) in [6.07, 6.45) is 0.784. The summed E-state index contributed by atoms with van der Waals surface area (Å²) in [5.41, 5.74) is 6.87. The Morgan fingerprint density at radius 3 is 2.44 bits per heavy atom. The van der Waals surface area contributed by atoms with Crippen LogP contribution in [0.5, 0.6) is 0 Å². The van der Waals surface area contributed by atoms with Crippen LogP contribution in [-0.4, -0.2) is 31.2 Å². The van der Waals surface area contributed by atoms with E-state index in [0.29, 0.717) is 17.3 Å². The minimum atomic E-state index is -3.53. The van der Waals surface area contributed by atoms with Crippen molar-refractivity contribution in [2.75, 3.05) is 6.54 Å². The first-order valence-corrected chi connectivity index (χ1v) is 7.49. The predicted molar refractivity (Wildman–Crippen MR) is 70.7 cm³/mol. The molecule has 0 spiro atoms. The smallest absolute Gasteiger partial charge is 0.244 e. The molecule has 7 heteroatoms. The van der Waals surface area contributed by atoms with E-state index in [0.717, 1.165) is 6.42 Å². The zero-order valence-corrected chi connectivity index (χ0v) is 12.1. The van der Waals surface area contributed by atoms with Gasteiger partial charge in [0.25, 0.3) is 0 Å². The highest BCUT2D eigenvalue weighted by Crippen LogP contribution is 2.16. The van der Waals surface area contributed by atoms with Crippen molar-refractivity contribution in [3.8, 4) is 0 Å². The minimum Gasteiger partial charge on any atom is -0.327 e. The minimum absolute atomic E-state index is 0.174. The molecule has 104 valence electrons. The lowest BCUT2D eigenvalue weighted by molar-refractivity contribution is 0.485. The van der Waals surface area contributed by atoms with Crippen molar-refractivity contribution in [2.24, 2.45) is 11.7 Å². The second kappa shape index (κ2) is 5.81. The van der Waals surface area contributed by atoms with Crippen molar-refractivity contribution in [1.29, 1.82) is 0 Å². The fourth-order valence-electron chi connectivity index (χ4n) is 1.91. The van der Waals surface area contributed by atoms with Crippen molar-refractivity contribution in [2.45, 2.75) is 45.1 Å². The molecule has 0 radical (unpaired) electrons. The van der Waals surface area contributed by atoms with Gasteiger partial charge in [-0.25, -0.2) is 13.1 Å². The molecule has 0 fully saturated rings. The number of aromatic amines is 1. The Labute approximate surface area is 108 Å². The van der Waals surface area contributed by atoms with Crippen molar-refractivity contribution < 1.29 is 8.42 Å². The first-order chi connectivity index (χ1) is 8.24. The van der Waals surface area contributed by atoms with E-state index in [9.17, 15) is 8.42 Å². The van der Waals surface area contributed by atoms with Gasteiger partial charge in [0.2, 0.25) is 10.0 Å². The first-order valence-electron chi connectivity index (χ1n) is 6.01. The Morgan fingerprint density at radius 2 is 2.00 bits per heavy atom. The summed E-state index contributed by atoms with van der Waals surface area (Å²) in [6, 6.07) is -0.174. The summed E-state index contributed by atoms with van der Waals surface area (Å²) in [5.74, 6) is 0.446. The van der Waals surface area contributed by atoms with Crippen LogP contribution in [0.25, 0.3) is 0 Å². The highest BCUT2D eigenvalue weighted by molar-refractivity contribution is 7.89. The molecule has 0 aliphatic carbocycles. The summed E-state index contributed by atoms with van der Waals surface area (Å²) in [7, 11) is -3.53. The van der Waals surface area contributed by atoms with Gasteiger partial charge in [0.15, 0.2) is 0 Å². The molecule has 0 aliphatic heterocycles. The molecule has 4 N–H and O–H groups in total. The van der Waals surface area contributed by atoms with Gasteiger partial charge >= 0.3 is 0 Å². The lowest BCUT2D eigenvalue weighted by Crippen LogP contribution is -2.38. The largest absolute Gasteiger partial charge is 0.327 e. The second-order valence-corrected chi connectivity index (χ2v) is 6.71. The lowest BCUT2D eigenvalue weighted by atomic mass is 10.1. The second-order valence-electron chi connectivity index (χ2n) is 5.00. The maximum absolute atomic E-state index is 12.1. The number of hydrogen-bond acceptors (Lipinski definition) is 4. The summed E-state index contributed by atoms with van der Waals surface area (Å²) in [4.78, 5) is 0.222. The standard InChI is InChI=1S/C11H22N4O2S/c1-7(2)5-10(12)6-13-18(16,17)11-8(3)14-15-9(11)4/h7,10,13H,5-6,12H2,1-4H3,(H,14,15). The van der Waals surface area contributed by atoms with Crippen LogP contribution >= 0.6 is 0 Å². The third-order valence-electron chi connectivity index (χ3n) is 2.64. The molecule has 0 aliphatic rings. The summed E-state index contributed by atoms with van der Waals surface area (Å²) in [6.45, 7) is 7.69. The molecule has 1 rings (SSSR count). The van der Waals surface area contributed by atoms with E-state index in [-0.39, 0.29) is 17.5 Å². The van der Waals surface area contributed by atoms with Crippen molar-refractivity contribution in [3.63, 3.8) is 0 Å². The molecule has 1 unspecified atom stereocenters. The van der Waals surface area contributed by atoms with Crippen LogP contribution in [0.2, 0.25) is 0 Å². The van der Waals surface area contributed by atoms with Crippen LogP contribution in [0.3, 0.4) is 0 Å². The summed E-state index contributed by atoms with van der Waals surface area (Å²) < 4.78 is 26.7. The van der Waals surface area contributed by atoms with Gasteiger partial charge in [-0.15, -0.1) is 0 Å². The third-order valence-corrected chi connectivity index (χ3v) is 4.32. The number of hydrogen-bond donors (Lipinski definition) is 3. The van der Waals surface area contributed by atoms with Crippen LogP contribution in [0.4, 0.5) is 0 Å². The van der Waals surface area contributed by atoms with Gasteiger partial charge in [-0.2, -0.15) is 5.10 Å². The summed E-state index contributed by atoms with van der Waals surface area (Å²) in [5, 5.41) is 6.54. The lowest BCUT2D eigenvalue weighted by Gasteiger charge is -2.15. The van der Waals surface area contributed by atoms with Gasteiger partial charge in [0, 0.05) is 12.6 Å². The Bertz CT molecular complexity index is 474. The van der Waals surface area contributed by atoms with Crippen molar-refractivity contribution in [3.05, 3.63) is 11.4 Å². The number of nitrogens with one attached hydrogen (secondary N) is 2. The number of nitrogens with two attached hydrogens (primary N) is 1. The number of H-pyrrole nitrogens is 1. The number of nitrogens with zero attached hydrogens (tertiary/aromatic N) is 1. The molecule has 6 nitrogen and oxygen atoms in total. The Kier molecular flexibility index (Phi) is 4.89. The number of sulfonamides is 1. The topological polar surface area (TPSA) is 101 Å². The Hall–Kier alpha value is -0.920. The summed E-state index contributed by atoms with van der Waals surface area (Å²) >= 11 is 0. The normalized spacial score (nSPS) is 14.1. The van der Waals surface area contributed by atoms with E-state index < -0.39 is 10.0 Å². The molecule has 18 heavy (non-hydrogen) atoms. The van der Waals surface area contributed by atoms with E-state index in [1.54, 1.807) is 13.8 Å². The molecule has 1 heterocycles. The van der Waals surface area contributed by atoms with Crippen LogP contribution in [0, 0.1) is 19.8 Å². The Balaban J connectivity index is 2.72. The number of aromatic nitrogens is 2. The molecule has 0 aromatic carbocycles. The van der Waals surface area contributed by atoms with E-state index in [1.165, 1.54) is 0 Å². The molecule has 0 bridgehead atoms. The van der Waals surface area contributed by atoms with Crippen LogP contribution < -0.4 is 10.5 Å². The monoisotopic (exact) mass is 274 g/mol. The molecule has 1 aromatic rings. The highest BCUT2D eigenvalue weighted by Gasteiger charge is 2.22. The van der Waals surface area contributed by atoms with Gasteiger partial charge in [0.05, 0.1) is 11.4 Å². The van der Waals surface area contributed by atoms with Gasteiger partial charge < -0.3 is 5.73 Å². The number of rotatable bonds is 6. The van der Waals surface area contributed by atoms with Gasteiger partial charge in [-0.05, 0) is 26.2 Å². The zero-order chi connectivity index (χ0) is 13.9. The number of aryl methyl sites for hydroxylation is 2. The SMILES string of the molecule is Cc1n[nH]c(C)c1S(=O)(=O)NCC(N)CC(C)C. The van der Waals surface area contributed by atoms with Crippen LogP contribution in [0.1, 0.15) is 31.7 Å². The molecule has 0 saturated heterocycles. The molecule has 0 amide bonds. The quantitative estimate of drug-likeness (QED) is 0.710. The van der Waals surface area contributed by atoms with E-state index in [4.69, 9.17) is 5.73 Å². The van der Waals surface area contributed by atoms with E-state index in [2.05, 4.69) is 28.8 Å². The fraction of sp³-hybridized carbons (Fsp3) is 0.727. The fourth-order valence-corrected chi connectivity index (χ4v) is 3.38. The van der Waals surface area contributed by atoms with Crippen molar-refractivity contribution >= 4 is 10.0 Å². The molecule has 0 saturated carbocycles. The van der Waals surface area contributed by atoms with E-state index in [1.807, 2.05) is 0 Å². The van der Waals surface area contributed by atoms with Gasteiger partial charge in [0.1, 0.15) is 4.90 Å². The van der Waals surface area contributed by atoms with E-state index >= 15 is 0 Å². The predicted octanol–water partition coefficient (Wildman–Crippen LogP) is 0.678. The van der Waals surface area contributed by atoms with Gasteiger partial charge in [-0.3, -0.25) is 5.10 Å². The maximum atomic E-state index is 12.1. The average molecular weight is 274 g/mol. The third kappa shape index (κ3) is 3.79.